The summed E-state index contributed by atoms with van der Waals surface area (Å²) in [4.78, 5) is 28.8. The molecule has 3 atom stereocenters. The number of urea groups is 1. The van der Waals surface area contributed by atoms with Crippen LogP contribution in [-0.4, -0.2) is 55.4 Å². The first-order valence-corrected chi connectivity index (χ1v) is 9.26. The summed E-state index contributed by atoms with van der Waals surface area (Å²) in [5, 5.41) is 12.4. The van der Waals surface area contributed by atoms with Crippen LogP contribution in [0.4, 0.5) is 4.79 Å². The lowest BCUT2D eigenvalue weighted by atomic mass is 10.0. The molecular formula is C19H25N5O4. The lowest BCUT2D eigenvalue weighted by Gasteiger charge is -2.18. The van der Waals surface area contributed by atoms with Crippen molar-refractivity contribution in [2.24, 2.45) is 5.92 Å². The molecule has 1 aromatic carbocycles. The van der Waals surface area contributed by atoms with Crippen LogP contribution >= 0.6 is 0 Å². The van der Waals surface area contributed by atoms with Gasteiger partial charge in [0, 0.05) is 38.2 Å². The van der Waals surface area contributed by atoms with E-state index < -0.39 is 0 Å². The lowest BCUT2D eigenvalue weighted by Crippen LogP contribution is -2.44. The smallest absolute Gasteiger partial charge is 0.315 e. The van der Waals surface area contributed by atoms with Crippen LogP contribution < -0.4 is 16.0 Å². The van der Waals surface area contributed by atoms with Crippen molar-refractivity contribution in [2.45, 2.75) is 24.8 Å². The fraction of sp³-hybridized carbons (Fsp3) is 0.474. The number of hydrogen-bond donors (Lipinski definition) is 3. The summed E-state index contributed by atoms with van der Waals surface area (Å²) in [6.45, 7) is 0.823. The Morgan fingerprint density at radius 2 is 2.04 bits per heavy atom. The van der Waals surface area contributed by atoms with Gasteiger partial charge in [-0.3, -0.25) is 4.79 Å². The molecule has 0 bridgehead atoms. The van der Waals surface area contributed by atoms with Crippen LogP contribution in [-0.2, 0) is 9.53 Å². The van der Waals surface area contributed by atoms with E-state index in [2.05, 4.69) is 26.1 Å². The molecule has 1 aromatic heterocycles. The van der Waals surface area contributed by atoms with Crippen LogP contribution in [0.15, 0.2) is 34.9 Å². The number of carbonyl (C=O) groups excluding carboxylic acids is 2. The Bertz CT molecular complexity index is 795. The molecule has 1 heterocycles. The summed E-state index contributed by atoms with van der Waals surface area (Å²) in [7, 11) is 3.18. The van der Waals surface area contributed by atoms with E-state index in [1.807, 2.05) is 30.3 Å². The monoisotopic (exact) mass is 387 g/mol. The number of amides is 3. The van der Waals surface area contributed by atoms with Crippen molar-refractivity contribution in [2.75, 3.05) is 27.3 Å². The molecule has 1 fully saturated rings. The summed E-state index contributed by atoms with van der Waals surface area (Å²) < 4.78 is 10.4. The number of nitrogens with zero attached hydrogens (tertiary/aromatic N) is 2. The minimum absolute atomic E-state index is 0.0584. The Morgan fingerprint density at radius 3 is 2.75 bits per heavy atom. The zero-order chi connectivity index (χ0) is 19.9. The highest BCUT2D eigenvalue weighted by molar-refractivity contribution is 5.79. The third-order valence-corrected chi connectivity index (χ3v) is 4.88. The summed E-state index contributed by atoms with van der Waals surface area (Å²) in [5.74, 6) is 0.387. The Hall–Kier alpha value is -2.94. The molecule has 0 spiro atoms. The minimum Gasteiger partial charge on any atom is -0.383 e. The van der Waals surface area contributed by atoms with E-state index in [4.69, 9.17) is 9.26 Å². The van der Waals surface area contributed by atoms with E-state index in [9.17, 15) is 9.59 Å². The predicted molar refractivity (Wildman–Crippen MR) is 101 cm³/mol. The van der Waals surface area contributed by atoms with Crippen LogP contribution in [0.2, 0.25) is 0 Å². The number of rotatable bonds is 7. The highest BCUT2D eigenvalue weighted by Gasteiger charge is 2.42. The second-order valence-corrected chi connectivity index (χ2v) is 6.71. The van der Waals surface area contributed by atoms with Gasteiger partial charge in [0.15, 0.2) is 0 Å². The highest BCUT2D eigenvalue weighted by atomic mass is 16.5. The molecule has 3 rings (SSSR count). The van der Waals surface area contributed by atoms with Crippen LogP contribution in [0.1, 0.15) is 24.7 Å². The second-order valence-electron chi connectivity index (χ2n) is 6.71. The first-order valence-electron chi connectivity index (χ1n) is 9.26. The fourth-order valence-corrected chi connectivity index (χ4v) is 3.46. The van der Waals surface area contributed by atoms with E-state index in [1.165, 1.54) is 0 Å². The Balaban J connectivity index is 1.74. The van der Waals surface area contributed by atoms with E-state index in [-0.39, 0.29) is 29.8 Å². The number of carbonyl (C=O) groups is 2. The van der Waals surface area contributed by atoms with Crippen LogP contribution in [0.25, 0.3) is 11.4 Å². The lowest BCUT2D eigenvalue weighted by molar-refractivity contribution is -0.124. The number of aromatic nitrogens is 2. The molecule has 9 heteroatoms. The summed E-state index contributed by atoms with van der Waals surface area (Å²) >= 11 is 0. The van der Waals surface area contributed by atoms with Crippen LogP contribution in [0.3, 0.4) is 0 Å². The highest BCUT2D eigenvalue weighted by Crippen LogP contribution is 2.38. The molecule has 1 aliphatic rings. The van der Waals surface area contributed by atoms with Gasteiger partial charge in [-0.15, -0.1) is 0 Å². The number of benzene rings is 1. The van der Waals surface area contributed by atoms with Gasteiger partial charge in [-0.1, -0.05) is 35.5 Å². The molecule has 9 nitrogen and oxygen atoms in total. The number of methoxy groups -OCH3 is 1. The van der Waals surface area contributed by atoms with Crippen molar-refractivity contribution in [1.82, 2.24) is 26.1 Å². The van der Waals surface area contributed by atoms with Gasteiger partial charge in [-0.05, 0) is 12.8 Å². The third-order valence-electron chi connectivity index (χ3n) is 4.88. The summed E-state index contributed by atoms with van der Waals surface area (Å²) in [5.41, 5.74) is 0.847. The summed E-state index contributed by atoms with van der Waals surface area (Å²) in [6, 6.07) is 8.92. The molecule has 3 amide bonds. The molecule has 0 saturated heterocycles. The molecule has 2 aromatic rings. The summed E-state index contributed by atoms with van der Waals surface area (Å²) in [6.07, 6.45) is 1.03. The Kier molecular flexibility index (Phi) is 6.59. The minimum atomic E-state index is -0.313. The molecule has 0 unspecified atom stereocenters. The average molecular weight is 387 g/mol. The topological polar surface area (TPSA) is 118 Å². The average Bonchev–Trinajstić information content (AvgIpc) is 3.35. The van der Waals surface area contributed by atoms with Crippen molar-refractivity contribution < 1.29 is 18.8 Å². The van der Waals surface area contributed by atoms with Gasteiger partial charge in [-0.2, -0.15) is 4.98 Å². The first-order chi connectivity index (χ1) is 13.6. The Labute approximate surface area is 163 Å². The van der Waals surface area contributed by atoms with Gasteiger partial charge in [0.05, 0.1) is 12.5 Å². The van der Waals surface area contributed by atoms with Gasteiger partial charge in [0.25, 0.3) is 0 Å². The maximum atomic E-state index is 12.2. The SMILES string of the molecule is CNC(=O)[C@H]1C[C@H](NC(=O)NCCOC)[C@H](c2nc(-c3ccccc3)no2)C1. The normalized spacial score (nSPS) is 21.3. The number of ether oxygens (including phenoxy) is 1. The predicted octanol–water partition coefficient (Wildman–Crippen LogP) is 1.29. The third kappa shape index (κ3) is 4.66. The van der Waals surface area contributed by atoms with Gasteiger partial charge in [0.2, 0.25) is 17.6 Å². The molecular weight excluding hydrogens is 362 g/mol. The van der Waals surface area contributed by atoms with Crippen LogP contribution in [0, 0.1) is 5.92 Å². The van der Waals surface area contributed by atoms with E-state index >= 15 is 0 Å². The van der Waals surface area contributed by atoms with Gasteiger partial charge >= 0.3 is 6.03 Å². The maximum absolute atomic E-state index is 12.2. The molecule has 1 aliphatic carbocycles. The quantitative estimate of drug-likeness (QED) is 0.616. The molecule has 0 aliphatic heterocycles. The van der Waals surface area contributed by atoms with Crippen molar-refractivity contribution in [1.29, 1.82) is 0 Å². The molecule has 150 valence electrons. The van der Waals surface area contributed by atoms with Crippen molar-refractivity contribution in [3.8, 4) is 11.4 Å². The van der Waals surface area contributed by atoms with E-state index in [1.54, 1.807) is 14.2 Å². The zero-order valence-electron chi connectivity index (χ0n) is 16.0. The van der Waals surface area contributed by atoms with Crippen LogP contribution in [0.5, 0.6) is 0 Å². The maximum Gasteiger partial charge on any atom is 0.315 e. The van der Waals surface area contributed by atoms with Crippen molar-refractivity contribution in [3.05, 3.63) is 36.2 Å². The molecule has 1 saturated carbocycles. The molecule has 0 radical (unpaired) electrons. The molecule has 28 heavy (non-hydrogen) atoms. The largest absolute Gasteiger partial charge is 0.383 e. The number of nitrogens with one attached hydrogen (secondary N) is 3. The second kappa shape index (κ2) is 9.32. The standard InChI is InChI=1S/C19H25N5O4/c1-20-17(25)13-10-14(15(11-13)22-19(26)21-8-9-27-2)18-23-16(24-28-18)12-6-4-3-5-7-12/h3-7,13-15H,8-11H2,1-2H3,(H,20,25)(H2,21,22,26)/t13-,14-,15+/m1/s1. The van der Waals surface area contributed by atoms with Crippen molar-refractivity contribution >= 4 is 11.9 Å². The zero-order valence-corrected chi connectivity index (χ0v) is 16.0. The van der Waals surface area contributed by atoms with Gasteiger partial charge in [-0.25, -0.2) is 4.79 Å². The first kappa shape index (κ1) is 19.8. The van der Waals surface area contributed by atoms with Gasteiger partial charge in [0.1, 0.15) is 0 Å². The number of hydrogen-bond acceptors (Lipinski definition) is 6. The fourth-order valence-electron chi connectivity index (χ4n) is 3.46. The Morgan fingerprint density at radius 1 is 1.25 bits per heavy atom. The van der Waals surface area contributed by atoms with E-state index in [0.29, 0.717) is 37.7 Å². The van der Waals surface area contributed by atoms with E-state index in [0.717, 1.165) is 5.56 Å². The molecule has 3 N–H and O–H groups in total. The van der Waals surface area contributed by atoms with Gasteiger partial charge < -0.3 is 25.2 Å². The van der Waals surface area contributed by atoms with Crippen molar-refractivity contribution in [3.63, 3.8) is 0 Å².